The molecule has 3 aromatic rings. The van der Waals surface area contributed by atoms with Gasteiger partial charge in [-0.25, -0.2) is 4.98 Å². The van der Waals surface area contributed by atoms with Gasteiger partial charge < -0.3 is 14.2 Å². The molecule has 0 aliphatic carbocycles. The molecule has 0 saturated heterocycles. The molecule has 9 nitrogen and oxygen atoms in total. The van der Waals surface area contributed by atoms with E-state index in [1.165, 1.54) is 35.6 Å². The first kappa shape index (κ1) is 24.6. The van der Waals surface area contributed by atoms with E-state index in [0.29, 0.717) is 41.0 Å². The Hall–Kier alpha value is -2.99. The summed E-state index contributed by atoms with van der Waals surface area (Å²) in [6.45, 7) is 2.35. The fraction of sp³-hybridized carbons (Fsp3) is 0.273. The molecule has 1 atom stereocenters. The van der Waals surface area contributed by atoms with Gasteiger partial charge in [-0.3, -0.25) is 14.3 Å². The van der Waals surface area contributed by atoms with Crippen molar-refractivity contribution in [1.29, 1.82) is 0 Å². The van der Waals surface area contributed by atoms with Gasteiger partial charge >= 0.3 is 0 Å². The van der Waals surface area contributed by atoms with E-state index in [1.54, 1.807) is 36.9 Å². The Morgan fingerprint density at radius 3 is 2.42 bits per heavy atom. The summed E-state index contributed by atoms with van der Waals surface area (Å²) >= 11 is 1.30. The van der Waals surface area contributed by atoms with Crippen LogP contribution >= 0.6 is 11.3 Å². The number of carbonyl (C=O) groups excluding carboxylic acids is 1. The molecule has 33 heavy (non-hydrogen) atoms. The van der Waals surface area contributed by atoms with E-state index in [0.717, 1.165) is 7.11 Å². The predicted molar refractivity (Wildman–Crippen MR) is 124 cm³/mol. The normalized spacial score (nSPS) is 12.2. The second-order valence-corrected chi connectivity index (χ2v) is 9.39. The Morgan fingerprint density at radius 1 is 1.09 bits per heavy atom. The number of amides is 1. The van der Waals surface area contributed by atoms with Gasteiger partial charge in [-0.05, 0) is 42.8 Å². The number of thiazole rings is 1. The van der Waals surface area contributed by atoms with Crippen LogP contribution < -0.4 is 14.8 Å². The maximum absolute atomic E-state index is 12.8. The maximum Gasteiger partial charge on any atom is 0.296 e. The summed E-state index contributed by atoms with van der Waals surface area (Å²) in [6.07, 6.45) is 2.09. The number of ether oxygens (including phenoxy) is 3. The highest BCUT2D eigenvalue weighted by atomic mass is 32.2. The summed E-state index contributed by atoms with van der Waals surface area (Å²) in [7, 11) is -1.12. The van der Waals surface area contributed by atoms with Gasteiger partial charge in [0.1, 0.15) is 23.4 Å². The first-order chi connectivity index (χ1) is 15.8. The first-order valence-electron chi connectivity index (χ1n) is 9.94. The van der Waals surface area contributed by atoms with Crippen LogP contribution in [0.2, 0.25) is 0 Å². The van der Waals surface area contributed by atoms with Crippen molar-refractivity contribution in [2.24, 2.45) is 0 Å². The Morgan fingerprint density at radius 2 is 1.82 bits per heavy atom. The number of carbonyl (C=O) groups is 1. The fourth-order valence-electron chi connectivity index (χ4n) is 2.80. The molecule has 1 heterocycles. The van der Waals surface area contributed by atoms with Crippen molar-refractivity contribution in [3.63, 3.8) is 0 Å². The zero-order chi connectivity index (χ0) is 23.8. The van der Waals surface area contributed by atoms with E-state index < -0.39 is 10.1 Å². The zero-order valence-electron chi connectivity index (χ0n) is 18.3. The lowest BCUT2D eigenvalue weighted by Gasteiger charge is -2.18. The molecule has 2 aromatic carbocycles. The van der Waals surface area contributed by atoms with Gasteiger partial charge in [0, 0.05) is 30.3 Å². The number of anilines is 1. The molecule has 1 N–H and O–H groups in total. The van der Waals surface area contributed by atoms with Crippen LogP contribution in [0.1, 0.15) is 23.7 Å². The molecule has 0 saturated carbocycles. The van der Waals surface area contributed by atoms with E-state index in [4.69, 9.17) is 14.2 Å². The third kappa shape index (κ3) is 6.75. The van der Waals surface area contributed by atoms with Gasteiger partial charge in [-0.15, -0.1) is 11.3 Å². The van der Waals surface area contributed by atoms with E-state index >= 15 is 0 Å². The summed E-state index contributed by atoms with van der Waals surface area (Å²) in [6, 6.07) is 10.6. The van der Waals surface area contributed by atoms with Gasteiger partial charge in [0.15, 0.2) is 5.13 Å². The highest BCUT2D eigenvalue weighted by molar-refractivity contribution is 7.86. The molecule has 0 aliphatic heterocycles. The summed E-state index contributed by atoms with van der Waals surface area (Å²) in [4.78, 5) is 16.8. The number of benzene rings is 2. The monoisotopic (exact) mass is 492 g/mol. The molecule has 0 spiro atoms. The second-order valence-electron chi connectivity index (χ2n) is 6.78. The zero-order valence-corrected chi connectivity index (χ0v) is 19.9. The molecule has 0 aliphatic rings. The Balaban J connectivity index is 1.88. The van der Waals surface area contributed by atoms with Crippen molar-refractivity contribution in [3.8, 4) is 17.2 Å². The largest absolute Gasteiger partial charge is 0.488 e. The maximum atomic E-state index is 12.8. The summed E-state index contributed by atoms with van der Waals surface area (Å²) in [5, 5.41) is 4.96. The van der Waals surface area contributed by atoms with Crippen LogP contribution in [-0.2, 0) is 19.0 Å². The van der Waals surface area contributed by atoms with Crippen molar-refractivity contribution < 1.29 is 31.6 Å². The topological polar surface area (TPSA) is 113 Å². The van der Waals surface area contributed by atoms with Crippen LogP contribution in [0.3, 0.4) is 0 Å². The molecule has 1 amide bonds. The van der Waals surface area contributed by atoms with Crippen molar-refractivity contribution >= 4 is 32.5 Å². The van der Waals surface area contributed by atoms with E-state index in [9.17, 15) is 13.2 Å². The van der Waals surface area contributed by atoms with Crippen LogP contribution in [0.25, 0.3) is 0 Å². The molecule has 0 bridgehead atoms. The lowest BCUT2D eigenvalue weighted by atomic mass is 10.2. The quantitative estimate of drug-likeness (QED) is 0.394. The number of nitrogens with zero attached hydrogens (tertiary/aromatic N) is 1. The third-order valence-electron chi connectivity index (χ3n) is 4.47. The molecule has 0 unspecified atom stereocenters. The molecular weight excluding hydrogens is 468 g/mol. The van der Waals surface area contributed by atoms with Crippen molar-refractivity contribution in [2.75, 3.05) is 26.1 Å². The smallest absolute Gasteiger partial charge is 0.296 e. The van der Waals surface area contributed by atoms with Gasteiger partial charge in [0.2, 0.25) is 0 Å². The summed E-state index contributed by atoms with van der Waals surface area (Å²) < 4.78 is 45.2. The molecule has 0 fully saturated rings. The third-order valence-corrected chi connectivity index (χ3v) is 6.45. The van der Waals surface area contributed by atoms with Gasteiger partial charge in [-0.1, -0.05) is 6.92 Å². The van der Waals surface area contributed by atoms with Gasteiger partial charge in [-0.2, -0.15) is 8.42 Å². The van der Waals surface area contributed by atoms with Crippen LogP contribution in [0.4, 0.5) is 5.13 Å². The van der Waals surface area contributed by atoms with Crippen LogP contribution in [-0.4, -0.2) is 46.2 Å². The lowest BCUT2D eigenvalue weighted by molar-refractivity contribution is 0.0785. The van der Waals surface area contributed by atoms with Crippen molar-refractivity contribution in [2.45, 2.75) is 24.3 Å². The molecule has 176 valence electrons. The van der Waals surface area contributed by atoms with Crippen LogP contribution in [0.5, 0.6) is 17.2 Å². The highest BCUT2D eigenvalue weighted by Crippen LogP contribution is 2.30. The SMILES string of the molecule is CC[C@H](COC)Oc1cc(Oc2ccc(S(=O)(=O)OC)cc2)cc(C(=O)Nc2nccs2)c1. The molecule has 3 rings (SSSR count). The minimum atomic E-state index is -3.80. The van der Waals surface area contributed by atoms with Gasteiger partial charge in [0.25, 0.3) is 16.0 Å². The first-order valence-corrected chi connectivity index (χ1v) is 12.2. The van der Waals surface area contributed by atoms with Crippen molar-refractivity contribution in [1.82, 2.24) is 4.98 Å². The lowest BCUT2D eigenvalue weighted by Crippen LogP contribution is -2.21. The average Bonchev–Trinajstić information content (AvgIpc) is 3.32. The van der Waals surface area contributed by atoms with Crippen LogP contribution in [0, 0.1) is 0 Å². The molecule has 0 radical (unpaired) electrons. The Bertz CT molecular complexity index is 1160. The molecule has 11 heteroatoms. The number of methoxy groups -OCH3 is 1. The minimum Gasteiger partial charge on any atom is -0.488 e. The number of nitrogens with one attached hydrogen (secondary N) is 1. The predicted octanol–water partition coefficient (Wildman–Crippen LogP) is 4.33. The van der Waals surface area contributed by atoms with E-state index in [2.05, 4.69) is 14.5 Å². The number of aromatic nitrogens is 1. The van der Waals surface area contributed by atoms with E-state index in [1.807, 2.05) is 6.92 Å². The molecule has 1 aromatic heterocycles. The molecular formula is C22H24N2O7S2. The number of hydrogen-bond acceptors (Lipinski definition) is 9. The average molecular weight is 493 g/mol. The minimum absolute atomic E-state index is 0.00306. The number of hydrogen-bond donors (Lipinski definition) is 1. The second kappa shape index (κ2) is 11.2. The Kier molecular flexibility index (Phi) is 8.39. The van der Waals surface area contributed by atoms with Gasteiger partial charge in [0.05, 0.1) is 18.6 Å². The fourth-order valence-corrected chi connectivity index (χ4v) is 3.99. The standard InChI is InChI=1S/C22H24N2O7S2/c1-4-16(14-28-2)30-18-11-15(21(25)24-22-23-9-10-32-22)12-19(13-18)31-17-5-7-20(8-6-17)33(26,27)29-3/h5-13,16H,4,14H2,1-3H3,(H,23,24,25)/t16-/m1/s1. The summed E-state index contributed by atoms with van der Waals surface area (Å²) in [5.41, 5.74) is 0.309. The highest BCUT2D eigenvalue weighted by Gasteiger charge is 2.16. The summed E-state index contributed by atoms with van der Waals surface area (Å²) in [5.74, 6) is 0.768. The van der Waals surface area contributed by atoms with Crippen LogP contribution in [0.15, 0.2) is 58.9 Å². The number of rotatable bonds is 11. The van der Waals surface area contributed by atoms with Crippen molar-refractivity contribution in [3.05, 3.63) is 59.6 Å². The van der Waals surface area contributed by atoms with E-state index in [-0.39, 0.29) is 16.9 Å². The Labute approximate surface area is 196 Å².